The molecule has 3 aromatic rings. The Balaban J connectivity index is 1.80. The summed E-state index contributed by atoms with van der Waals surface area (Å²) in [5.41, 5.74) is 1.47. The molecule has 174 valence electrons. The summed E-state index contributed by atoms with van der Waals surface area (Å²) in [5.74, 6) is 0.827. The average Bonchev–Trinajstić information content (AvgIpc) is 2.79. The third kappa shape index (κ3) is 6.04. The molecule has 0 aliphatic carbocycles. The van der Waals surface area contributed by atoms with Crippen molar-refractivity contribution in [3.8, 4) is 23.1 Å². The average molecular weight is 472 g/mol. The number of carbonyl (C=O) groups is 1. The van der Waals surface area contributed by atoms with Crippen LogP contribution in [-0.2, 0) is 4.79 Å². The van der Waals surface area contributed by atoms with E-state index < -0.39 is 12.0 Å². The number of anilines is 1. The number of nitrogens with zero attached hydrogens (tertiary/aromatic N) is 2. The van der Waals surface area contributed by atoms with Crippen LogP contribution in [-0.4, -0.2) is 35.0 Å². The molecule has 1 atom stereocenters. The van der Waals surface area contributed by atoms with E-state index in [1.807, 2.05) is 20.8 Å². The number of benzene rings is 2. The Hall–Kier alpha value is -3.52. The number of ether oxygens (including phenoxy) is 3. The summed E-state index contributed by atoms with van der Waals surface area (Å²) in [6, 6.07) is 13.1. The van der Waals surface area contributed by atoms with Crippen LogP contribution in [0.1, 0.15) is 26.3 Å². The Kier molecular flexibility index (Phi) is 7.95. The molecule has 0 bridgehead atoms. The molecule has 1 unspecified atom stereocenters. The molecule has 0 fully saturated rings. The quantitative estimate of drug-likeness (QED) is 0.497. The van der Waals surface area contributed by atoms with Gasteiger partial charge in [0.1, 0.15) is 11.5 Å². The predicted octanol–water partition coefficient (Wildman–Crippen LogP) is 4.40. The van der Waals surface area contributed by atoms with Gasteiger partial charge in [0.15, 0.2) is 6.10 Å². The molecule has 0 radical (unpaired) electrons. The molecule has 1 heterocycles. The molecule has 9 heteroatoms. The van der Waals surface area contributed by atoms with Crippen LogP contribution in [0.15, 0.2) is 53.3 Å². The Morgan fingerprint density at radius 2 is 1.85 bits per heavy atom. The summed E-state index contributed by atoms with van der Waals surface area (Å²) < 4.78 is 18.0. The van der Waals surface area contributed by atoms with Crippen LogP contribution >= 0.6 is 11.6 Å². The molecule has 1 N–H and O–H groups in total. The van der Waals surface area contributed by atoms with E-state index in [1.54, 1.807) is 43.3 Å². The van der Waals surface area contributed by atoms with Crippen molar-refractivity contribution < 1.29 is 19.0 Å². The lowest BCUT2D eigenvalue weighted by Gasteiger charge is -2.17. The zero-order valence-corrected chi connectivity index (χ0v) is 19.7. The maximum Gasteiger partial charge on any atom is 0.271 e. The largest absolute Gasteiger partial charge is 0.494 e. The van der Waals surface area contributed by atoms with E-state index in [4.69, 9.17) is 25.8 Å². The number of hydrogen-bond donors (Lipinski definition) is 1. The van der Waals surface area contributed by atoms with Gasteiger partial charge in [0.25, 0.3) is 11.5 Å². The lowest BCUT2D eigenvalue weighted by atomic mass is 10.2. The monoisotopic (exact) mass is 471 g/mol. The van der Waals surface area contributed by atoms with E-state index in [0.29, 0.717) is 41.1 Å². The Bertz CT molecular complexity index is 1190. The second-order valence-corrected chi connectivity index (χ2v) is 7.56. The first-order valence-electron chi connectivity index (χ1n) is 10.6. The van der Waals surface area contributed by atoms with Crippen LogP contribution in [0.4, 0.5) is 5.69 Å². The van der Waals surface area contributed by atoms with E-state index >= 15 is 0 Å². The molecule has 0 spiro atoms. The van der Waals surface area contributed by atoms with Crippen molar-refractivity contribution in [2.75, 3.05) is 18.5 Å². The van der Waals surface area contributed by atoms with E-state index in [1.165, 1.54) is 16.8 Å². The molecule has 33 heavy (non-hydrogen) atoms. The molecule has 0 saturated carbocycles. The summed E-state index contributed by atoms with van der Waals surface area (Å²) in [7, 11) is 0. The molecule has 8 nitrogen and oxygen atoms in total. The lowest BCUT2D eigenvalue weighted by molar-refractivity contribution is -0.122. The number of carbonyl (C=O) groups excluding carboxylic acids is 1. The maximum atomic E-state index is 12.8. The van der Waals surface area contributed by atoms with Gasteiger partial charge in [-0.3, -0.25) is 9.59 Å². The van der Waals surface area contributed by atoms with Crippen LogP contribution < -0.4 is 25.1 Å². The smallest absolute Gasteiger partial charge is 0.271 e. The molecule has 3 rings (SSSR count). The van der Waals surface area contributed by atoms with Gasteiger partial charge >= 0.3 is 0 Å². The molecule has 2 aromatic carbocycles. The zero-order chi connectivity index (χ0) is 24.0. The van der Waals surface area contributed by atoms with Gasteiger partial charge < -0.3 is 19.5 Å². The van der Waals surface area contributed by atoms with E-state index in [2.05, 4.69) is 10.4 Å². The van der Waals surface area contributed by atoms with Crippen LogP contribution in [0.5, 0.6) is 17.4 Å². The SMILES string of the molecule is CCOc1ccc(OCC)c(NC(=O)C(C)Oc2ccc(=O)n(-c3cc(Cl)ccc3C)n2)c1. The van der Waals surface area contributed by atoms with Crippen molar-refractivity contribution in [1.29, 1.82) is 0 Å². The summed E-state index contributed by atoms with van der Waals surface area (Å²) in [6.45, 7) is 8.10. The standard InChI is InChI=1S/C24H26ClN3O5/c1-5-31-18-9-10-21(32-6-2)19(14-18)26-24(30)16(4)33-22-11-12-23(29)28(27-22)20-13-17(25)8-7-15(20)3/h7-14,16H,5-6H2,1-4H3,(H,26,30). The first-order chi connectivity index (χ1) is 15.8. The molecule has 0 aliphatic rings. The van der Waals surface area contributed by atoms with Crippen molar-refractivity contribution in [2.45, 2.75) is 33.8 Å². The zero-order valence-electron chi connectivity index (χ0n) is 18.9. The highest BCUT2D eigenvalue weighted by atomic mass is 35.5. The van der Waals surface area contributed by atoms with Gasteiger partial charge in [0, 0.05) is 23.2 Å². The Labute approximate surface area is 197 Å². The first-order valence-corrected chi connectivity index (χ1v) is 10.9. The normalized spacial score (nSPS) is 11.5. The fourth-order valence-electron chi connectivity index (χ4n) is 3.05. The van der Waals surface area contributed by atoms with Gasteiger partial charge in [-0.1, -0.05) is 17.7 Å². The van der Waals surface area contributed by atoms with Gasteiger partial charge in [-0.2, -0.15) is 4.68 Å². The minimum Gasteiger partial charge on any atom is -0.494 e. The van der Waals surface area contributed by atoms with Crippen LogP contribution in [0.2, 0.25) is 5.02 Å². The number of aromatic nitrogens is 2. The van der Waals surface area contributed by atoms with Crippen LogP contribution in [0, 0.1) is 6.92 Å². The van der Waals surface area contributed by atoms with Crippen molar-refractivity contribution in [3.63, 3.8) is 0 Å². The molecule has 0 aliphatic heterocycles. The number of aryl methyl sites for hydroxylation is 1. The number of rotatable bonds is 9. The summed E-state index contributed by atoms with van der Waals surface area (Å²) >= 11 is 6.08. The number of nitrogens with one attached hydrogen (secondary N) is 1. The topological polar surface area (TPSA) is 91.7 Å². The van der Waals surface area contributed by atoms with Crippen molar-refractivity contribution in [2.24, 2.45) is 0 Å². The van der Waals surface area contributed by atoms with Crippen molar-refractivity contribution >= 4 is 23.2 Å². The van der Waals surface area contributed by atoms with Crippen LogP contribution in [0.25, 0.3) is 5.69 Å². The molecular weight excluding hydrogens is 446 g/mol. The van der Waals surface area contributed by atoms with E-state index in [0.717, 1.165) is 5.56 Å². The fourth-order valence-corrected chi connectivity index (χ4v) is 3.22. The molecular formula is C24H26ClN3O5. The lowest BCUT2D eigenvalue weighted by Crippen LogP contribution is -2.31. The molecule has 0 saturated heterocycles. The van der Waals surface area contributed by atoms with Crippen molar-refractivity contribution in [1.82, 2.24) is 9.78 Å². The number of halogens is 1. The summed E-state index contributed by atoms with van der Waals surface area (Å²) in [6.07, 6.45) is -0.908. The Morgan fingerprint density at radius 1 is 1.09 bits per heavy atom. The van der Waals surface area contributed by atoms with Crippen molar-refractivity contribution in [3.05, 3.63) is 69.5 Å². The van der Waals surface area contributed by atoms with E-state index in [9.17, 15) is 9.59 Å². The van der Waals surface area contributed by atoms with Crippen LogP contribution in [0.3, 0.4) is 0 Å². The Morgan fingerprint density at radius 3 is 2.58 bits per heavy atom. The van der Waals surface area contributed by atoms with Gasteiger partial charge in [-0.25, -0.2) is 0 Å². The van der Waals surface area contributed by atoms with E-state index in [-0.39, 0.29) is 11.4 Å². The van der Waals surface area contributed by atoms with Gasteiger partial charge in [-0.15, -0.1) is 5.10 Å². The number of hydrogen-bond acceptors (Lipinski definition) is 6. The first kappa shape index (κ1) is 24.1. The minimum absolute atomic E-state index is 0.115. The maximum absolute atomic E-state index is 12.8. The minimum atomic E-state index is -0.908. The van der Waals surface area contributed by atoms with Gasteiger partial charge in [-0.05, 0) is 57.5 Å². The van der Waals surface area contributed by atoms with Gasteiger partial charge in [0.05, 0.1) is 24.6 Å². The molecule has 1 aromatic heterocycles. The predicted molar refractivity (Wildman–Crippen MR) is 127 cm³/mol. The third-order valence-corrected chi connectivity index (χ3v) is 4.90. The van der Waals surface area contributed by atoms with Gasteiger partial charge in [0.2, 0.25) is 5.88 Å². The summed E-state index contributed by atoms with van der Waals surface area (Å²) in [4.78, 5) is 25.2. The highest BCUT2D eigenvalue weighted by Gasteiger charge is 2.19. The fraction of sp³-hybridized carbons (Fsp3) is 0.292. The second kappa shape index (κ2) is 10.9. The highest BCUT2D eigenvalue weighted by molar-refractivity contribution is 6.30. The molecule has 1 amide bonds. The third-order valence-electron chi connectivity index (χ3n) is 4.66. The highest BCUT2D eigenvalue weighted by Crippen LogP contribution is 2.30. The second-order valence-electron chi connectivity index (χ2n) is 7.13. The number of amides is 1. The summed E-state index contributed by atoms with van der Waals surface area (Å²) in [5, 5.41) is 7.54.